The number of halogens is 1. The van der Waals surface area contributed by atoms with Crippen LogP contribution in [0.1, 0.15) is 12.8 Å². The SMILES string of the molecule is CN(CC1CCCOC1)CC(Cl)C(=O)O. The summed E-state index contributed by atoms with van der Waals surface area (Å²) in [6.45, 7) is 2.88. The Morgan fingerprint density at radius 1 is 1.73 bits per heavy atom. The molecule has 0 aromatic carbocycles. The van der Waals surface area contributed by atoms with E-state index in [2.05, 4.69) is 0 Å². The van der Waals surface area contributed by atoms with E-state index in [-0.39, 0.29) is 0 Å². The van der Waals surface area contributed by atoms with Crippen LogP contribution in [0.2, 0.25) is 0 Å². The van der Waals surface area contributed by atoms with Crippen molar-refractivity contribution < 1.29 is 14.6 Å². The molecule has 15 heavy (non-hydrogen) atoms. The van der Waals surface area contributed by atoms with Gasteiger partial charge in [-0.25, -0.2) is 0 Å². The summed E-state index contributed by atoms with van der Waals surface area (Å²) in [7, 11) is 1.90. The van der Waals surface area contributed by atoms with Crippen molar-refractivity contribution in [3.8, 4) is 0 Å². The third kappa shape index (κ3) is 4.82. The van der Waals surface area contributed by atoms with Crippen LogP contribution >= 0.6 is 11.6 Å². The van der Waals surface area contributed by atoms with Crippen molar-refractivity contribution in [1.82, 2.24) is 4.90 Å². The first kappa shape index (κ1) is 12.7. The normalized spacial score (nSPS) is 24.1. The van der Waals surface area contributed by atoms with Gasteiger partial charge in [-0.2, -0.15) is 0 Å². The molecule has 1 aliphatic rings. The van der Waals surface area contributed by atoms with Crippen LogP contribution in [0.3, 0.4) is 0 Å². The van der Waals surface area contributed by atoms with Crippen molar-refractivity contribution in [2.24, 2.45) is 5.92 Å². The molecular formula is C10H18ClNO3. The highest BCUT2D eigenvalue weighted by Crippen LogP contribution is 2.14. The number of ether oxygens (including phenoxy) is 1. The van der Waals surface area contributed by atoms with Crippen molar-refractivity contribution in [3.05, 3.63) is 0 Å². The zero-order valence-electron chi connectivity index (χ0n) is 8.99. The lowest BCUT2D eigenvalue weighted by atomic mass is 10.0. The molecule has 2 unspecified atom stereocenters. The molecule has 1 saturated heterocycles. The molecule has 0 aliphatic carbocycles. The summed E-state index contributed by atoms with van der Waals surface area (Å²) in [6, 6.07) is 0. The number of hydrogen-bond acceptors (Lipinski definition) is 3. The Morgan fingerprint density at radius 3 is 3.00 bits per heavy atom. The molecule has 4 nitrogen and oxygen atoms in total. The minimum Gasteiger partial charge on any atom is -0.480 e. The van der Waals surface area contributed by atoms with Gasteiger partial charge in [-0.15, -0.1) is 11.6 Å². The predicted molar refractivity (Wildman–Crippen MR) is 58.3 cm³/mol. The smallest absolute Gasteiger partial charge is 0.322 e. The van der Waals surface area contributed by atoms with Crippen molar-refractivity contribution >= 4 is 17.6 Å². The molecule has 0 bridgehead atoms. The van der Waals surface area contributed by atoms with E-state index in [9.17, 15) is 4.79 Å². The van der Waals surface area contributed by atoms with Gasteiger partial charge in [0.15, 0.2) is 0 Å². The van der Waals surface area contributed by atoms with Crippen LogP contribution in [-0.4, -0.2) is 54.7 Å². The zero-order chi connectivity index (χ0) is 11.3. The Kier molecular flexibility index (Phi) is 5.36. The van der Waals surface area contributed by atoms with Gasteiger partial charge in [-0.05, 0) is 25.8 Å². The zero-order valence-corrected chi connectivity index (χ0v) is 9.74. The Morgan fingerprint density at radius 2 is 2.47 bits per heavy atom. The van der Waals surface area contributed by atoms with Gasteiger partial charge in [0.25, 0.3) is 0 Å². The number of carboxylic acids is 1. The third-order valence-electron chi connectivity index (χ3n) is 2.56. The maximum Gasteiger partial charge on any atom is 0.322 e. The minimum absolute atomic E-state index is 0.382. The summed E-state index contributed by atoms with van der Waals surface area (Å²) in [4.78, 5) is 12.5. The number of rotatable bonds is 5. The van der Waals surface area contributed by atoms with E-state index in [0.717, 1.165) is 32.6 Å². The molecule has 1 heterocycles. The van der Waals surface area contributed by atoms with Crippen molar-refractivity contribution in [1.29, 1.82) is 0 Å². The fraction of sp³-hybridized carbons (Fsp3) is 0.900. The number of aliphatic carboxylic acids is 1. The van der Waals surface area contributed by atoms with Gasteiger partial charge < -0.3 is 14.7 Å². The number of hydrogen-bond donors (Lipinski definition) is 1. The van der Waals surface area contributed by atoms with Crippen LogP contribution in [0, 0.1) is 5.92 Å². The highest BCUT2D eigenvalue weighted by molar-refractivity contribution is 6.29. The molecule has 0 aromatic rings. The molecular weight excluding hydrogens is 218 g/mol. The largest absolute Gasteiger partial charge is 0.480 e. The molecule has 0 amide bonds. The van der Waals surface area contributed by atoms with E-state index < -0.39 is 11.3 Å². The van der Waals surface area contributed by atoms with E-state index in [4.69, 9.17) is 21.4 Å². The first-order valence-electron chi connectivity index (χ1n) is 5.22. The third-order valence-corrected chi connectivity index (χ3v) is 2.89. The highest BCUT2D eigenvalue weighted by atomic mass is 35.5. The Bertz CT molecular complexity index is 207. The summed E-state index contributed by atoms with van der Waals surface area (Å²) in [5.41, 5.74) is 0. The van der Waals surface area contributed by atoms with E-state index in [1.54, 1.807) is 0 Å². The molecule has 88 valence electrons. The highest BCUT2D eigenvalue weighted by Gasteiger charge is 2.20. The maximum atomic E-state index is 10.5. The number of alkyl halides is 1. The van der Waals surface area contributed by atoms with Gasteiger partial charge in [0.2, 0.25) is 0 Å². The van der Waals surface area contributed by atoms with Crippen LogP contribution in [0.5, 0.6) is 0 Å². The van der Waals surface area contributed by atoms with E-state index >= 15 is 0 Å². The molecule has 1 rings (SSSR count). The van der Waals surface area contributed by atoms with Crippen LogP contribution < -0.4 is 0 Å². The lowest BCUT2D eigenvalue weighted by Crippen LogP contribution is -2.36. The van der Waals surface area contributed by atoms with Gasteiger partial charge in [0, 0.05) is 19.7 Å². The number of nitrogens with zero attached hydrogens (tertiary/aromatic N) is 1. The number of carbonyl (C=O) groups is 1. The number of carboxylic acid groups (broad SMARTS) is 1. The predicted octanol–water partition coefficient (Wildman–Crippen LogP) is 1.04. The van der Waals surface area contributed by atoms with Gasteiger partial charge in [0.1, 0.15) is 5.38 Å². The van der Waals surface area contributed by atoms with Gasteiger partial charge >= 0.3 is 5.97 Å². The molecule has 2 atom stereocenters. The Balaban J connectivity index is 2.22. The lowest BCUT2D eigenvalue weighted by Gasteiger charge is -2.27. The van der Waals surface area contributed by atoms with E-state index in [0.29, 0.717) is 12.5 Å². The van der Waals surface area contributed by atoms with Crippen LogP contribution in [0.25, 0.3) is 0 Å². The monoisotopic (exact) mass is 235 g/mol. The van der Waals surface area contributed by atoms with Crippen LogP contribution in [0.15, 0.2) is 0 Å². The second-order valence-corrected chi connectivity index (χ2v) is 4.64. The molecule has 0 radical (unpaired) electrons. The fourth-order valence-corrected chi connectivity index (χ4v) is 2.05. The van der Waals surface area contributed by atoms with E-state index in [1.165, 1.54) is 0 Å². The lowest BCUT2D eigenvalue weighted by molar-refractivity contribution is -0.136. The second-order valence-electron chi connectivity index (χ2n) is 4.11. The quantitative estimate of drug-likeness (QED) is 0.724. The molecule has 0 aromatic heterocycles. The van der Waals surface area contributed by atoms with Crippen molar-refractivity contribution in [2.75, 3.05) is 33.4 Å². The topological polar surface area (TPSA) is 49.8 Å². The molecule has 0 spiro atoms. The second kappa shape index (κ2) is 6.30. The Hall–Kier alpha value is -0.320. The van der Waals surface area contributed by atoms with E-state index in [1.807, 2.05) is 11.9 Å². The molecule has 0 saturated carbocycles. The summed E-state index contributed by atoms with van der Waals surface area (Å²) in [5, 5.41) is 7.83. The summed E-state index contributed by atoms with van der Waals surface area (Å²) in [6.07, 6.45) is 2.26. The first-order valence-corrected chi connectivity index (χ1v) is 5.66. The average molecular weight is 236 g/mol. The summed E-state index contributed by atoms with van der Waals surface area (Å²) in [5.74, 6) is -0.440. The molecule has 5 heteroatoms. The summed E-state index contributed by atoms with van der Waals surface area (Å²) < 4.78 is 5.36. The van der Waals surface area contributed by atoms with Crippen LogP contribution in [-0.2, 0) is 9.53 Å². The van der Waals surface area contributed by atoms with Gasteiger partial charge in [-0.1, -0.05) is 0 Å². The molecule has 1 aliphatic heterocycles. The standard InChI is InChI=1S/C10H18ClNO3/c1-12(6-9(11)10(13)14)5-8-3-2-4-15-7-8/h8-9H,2-7H2,1H3,(H,13,14). The maximum absolute atomic E-state index is 10.5. The van der Waals surface area contributed by atoms with Crippen LogP contribution in [0.4, 0.5) is 0 Å². The first-order chi connectivity index (χ1) is 7.09. The van der Waals surface area contributed by atoms with Crippen molar-refractivity contribution in [2.45, 2.75) is 18.2 Å². The summed E-state index contributed by atoms with van der Waals surface area (Å²) >= 11 is 5.66. The average Bonchev–Trinajstić information content (AvgIpc) is 2.18. The fourth-order valence-electron chi connectivity index (χ4n) is 1.82. The molecule has 1 fully saturated rings. The Labute approximate surface area is 95.2 Å². The van der Waals surface area contributed by atoms with Gasteiger partial charge in [-0.3, -0.25) is 4.79 Å². The molecule has 1 N–H and O–H groups in total. The van der Waals surface area contributed by atoms with Crippen molar-refractivity contribution in [3.63, 3.8) is 0 Å². The minimum atomic E-state index is -0.955. The van der Waals surface area contributed by atoms with Gasteiger partial charge in [0.05, 0.1) is 6.61 Å².